The number of rotatable bonds is 4. The minimum absolute atomic E-state index is 0.166. The lowest BCUT2D eigenvalue weighted by molar-refractivity contribution is 0.660. The first-order valence-corrected chi connectivity index (χ1v) is 20.4. The molecule has 2 aliphatic rings. The van der Waals surface area contributed by atoms with Gasteiger partial charge in [-0.3, -0.25) is 0 Å². The Morgan fingerprint density at radius 3 is 1.45 bits per heavy atom. The molecular formula is C56H41NO. The molecule has 2 heteroatoms. The molecule has 0 fully saturated rings. The molecule has 276 valence electrons. The second-order valence-electron chi connectivity index (χ2n) is 17.2. The molecule has 10 aromatic rings. The standard InChI is InChI=1S/C56H41NO/c1-55(2)46-24-14-12-20-40(46)42-28-26-35(32-48(42)55)57(36-27-29-43-41-21-13-15-25-47(41)56(3,4)49(43)33-36)53-37(34-16-6-5-7-17-34)30-31-50-52(53)51-44-22-10-8-18-38(44)39-19-9-11-23-45(39)54(51)58-50/h5-33H,1-4H3. The minimum atomic E-state index is -0.166. The molecule has 1 heterocycles. The first kappa shape index (κ1) is 33.3. The summed E-state index contributed by atoms with van der Waals surface area (Å²) in [5, 5.41) is 7.00. The smallest absolute Gasteiger partial charge is 0.143 e. The molecule has 1 aromatic heterocycles. The van der Waals surface area contributed by atoms with Gasteiger partial charge in [-0.25, -0.2) is 0 Å². The van der Waals surface area contributed by atoms with Crippen molar-refractivity contribution < 1.29 is 4.42 Å². The van der Waals surface area contributed by atoms with E-state index in [1.807, 2.05) is 0 Å². The predicted molar refractivity (Wildman–Crippen MR) is 244 cm³/mol. The summed E-state index contributed by atoms with van der Waals surface area (Å²) in [4.78, 5) is 2.54. The number of hydrogen-bond acceptors (Lipinski definition) is 2. The largest absolute Gasteiger partial charge is 0.455 e. The van der Waals surface area contributed by atoms with Crippen LogP contribution in [0.5, 0.6) is 0 Å². The number of benzene rings is 9. The number of fused-ring (bicyclic) bond motifs is 14. The lowest BCUT2D eigenvalue weighted by Gasteiger charge is -2.31. The van der Waals surface area contributed by atoms with Crippen molar-refractivity contribution in [2.75, 3.05) is 4.90 Å². The fourth-order valence-electron chi connectivity index (χ4n) is 10.6. The third-order valence-corrected chi connectivity index (χ3v) is 13.4. The van der Waals surface area contributed by atoms with Gasteiger partial charge < -0.3 is 9.32 Å². The molecule has 0 bridgehead atoms. The molecule has 0 saturated carbocycles. The van der Waals surface area contributed by atoms with Gasteiger partial charge in [-0.05, 0) is 103 Å². The zero-order valence-electron chi connectivity index (χ0n) is 33.1. The van der Waals surface area contributed by atoms with Gasteiger partial charge in [-0.15, -0.1) is 0 Å². The summed E-state index contributed by atoms with van der Waals surface area (Å²) < 4.78 is 7.10. The van der Waals surface area contributed by atoms with Crippen molar-refractivity contribution in [3.63, 3.8) is 0 Å². The van der Waals surface area contributed by atoms with Crippen LogP contribution in [0.15, 0.2) is 180 Å². The number of furan rings is 1. The quantitative estimate of drug-likeness (QED) is 0.167. The second kappa shape index (κ2) is 11.8. The first-order chi connectivity index (χ1) is 28.3. The molecule has 0 spiro atoms. The van der Waals surface area contributed by atoms with E-state index in [9.17, 15) is 0 Å². The molecule has 0 aliphatic heterocycles. The Balaban J connectivity index is 1.24. The second-order valence-corrected chi connectivity index (χ2v) is 17.2. The van der Waals surface area contributed by atoms with Gasteiger partial charge in [0.25, 0.3) is 0 Å². The van der Waals surface area contributed by atoms with Crippen LogP contribution in [-0.4, -0.2) is 0 Å². The predicted octanol–water partition coefficient (Wildman–Crippen LogP) is 15.6. The number of hydrogen-bond donors (Lipinski definition) is 0. The van der Waals surface area contributed by atoms with Crippen molar-refractivity contribution in [2.45, 2.75) is 38.5 Å². The highest BCUT2D eigenvalue weighted by molar-refractivity contribution is 6.33. The minimum Gasteiger partial charge on any atom is -0.455 e. The topological polar surface area (TPSA) is 16.4 Å². The fraction of sp³-hybridized carbons (Fsp3) is 0.107. The summed E-state index contributed by atoms with van der Waals surface area (Å²) in [7, 11) is 0. The van der Waals surface area contributed by atoms with Gasteiger partial charge in [0.05, 0.1) is 11.1 Å². The summed E-state index contributed by atoms with van der Waals surface area (Å²) in [6.07, 6.45) is 0. The van der Waals surface area contributed by atoms with Crippen LogP contribution in [-0.2, 0) is 10.8 Å². The zero-order valence-corrected chi connectivity index (χ0v) is 33.1. The molecule has 0 N–H and O–H groups in total. The highest BCUT2D eigenvalue weighted by Crippen LogP contribution is 2.56. The summed E-state index contributed by atoms with van der Waals surface area (Å²) in [5.41, 5.74) is 17.8. The highest BCUT2D eigenvalue weighted by atomic mass is 16.3. The van der Waals surface area contributed by atoms with Gasteiger partial charge in [0, 0.05) is 38.5 Å². The zero-order chi connectivity index (χ0) is 38.9. The summed E-state index contributed by atoms with van der Waals surface area (Å²) >= 11 is 0. The van der Waals surface area contributed by atoms with E-state index in [4.69, 9.17) is 4.42 Å². The molecule has 2 aliphatic carbocycles. The van der Waals surface area contributed by atoms with Crippen LogP contribution < -0.4 is 4.90 Å². The van der Waals surface area contributed by atoms with Gasteiger partial charge >= 0.3 is 0 Å². The van der Waals surface area contributed by atoms with Crippen molar-refractivity contribution in [3.8, 4) is 33.4 Å². The van der Waals surface area contributed by atoms with E-state index in [1.54, 1.807) is 0 Å². The monoisotopic (exact) mass is 743 g/mol. The summed E-state index contributed by atoms with van der Waals surface area (Å²) in [6.45, 7) is 9.49. The Bertz CT molecular complexity index is 3240. The molecule has 0 amide bonds. The average molecular weight is 744 g/mol. The van der Waals surface area contributed by atoms with Crippen LogP contribution in [0.25, 0.3) is 76.9 Å². The number of nitrogens with zero attached hydrogens (tertiary/aromatic N) is 1. The van der Waals surface area contributed by atoms with Gasteiger partial charge in [0.2, 0.25) is 0 Å². The van der Waals surface area contributed by atoms with Gasteiger partial charge in [-0.1, -0.05) is 167 Å². The van der Waals surface area contributed by atoms with E-state index in [2.05, 4.69) is 209 Å². The van der Waals surface area contributed by atoms with E-state index in [0.717, 1.165) is 55.5 Å². The van der Waals surface area contributed by atoms with Crippen LogP contribution in [0.4, 0.5) is 17.1 Å². The molecule has 0 unspecified atom stereocenters. The maximum absolute atomic E-state index is 7.10. The first-order valence-electron chi connectivity index (χ1n) is 20.4. The van der Waals surface area contributed by atoms with Gasteiger partial charge in [-0.2, -0.15) is 0 Å². The van der Waals surface area contributed by atoms with Crippen molar-refractivity contribution in [1.82, 2.24) is 0 Å². The molecule has 0 radical (unpaired) electrons. The van der Waals surface area contributed by atoms with E-state index < -0.39 is 0 Å². The van der Waals surface area contributed by atoms with Crippen molar-refractivity contribution in [3.05, 3.63) is 198 Å². The Kier molecular flexibility index (Phi) is 6.78. The van der Waals surface area contributed by atoms with Crippen LogP contribution in [0, 0.1) is 0 Å². The Morgan fingerprint density at radius 1 is 0.379 bits per heavy atom. The summed E-state index contributed by atoms with van der Waals surface area (Å²) in [6, 6.07) is 65.0. The SMILES string of the molecule is CC1(C)c2ccccc2-c2ccc(N(c3ccc4c(c3)C(C)(C)c3ccccc3-4)c3c(-c4ccccc4)ccc4oc5c6ccccc6c6ccccc6c5c34)cc21. The normalized spacial score (nSPS) is 14.5. The lowest BCUT2D eigenvalue weighted by Crippen LogP contribution is -2.18. The van der Waals surface area contributed by atoms with E-state index >= 15 is 0 Å². The van der Waals surface area contributed by atoms with Crippen LogP contribution in [0.1, 0.15) is 49.9 Å². The van der Waals surface area contributed by atoms with Crippen molar-refractivity contribution in [1.29, 1.82) is 0 Å². The van der Waals surface area contributed by atoms with Crippen molar-refractivity contribution >= 4 is 60.5 Å². The molecular weight excluding hydrogens is 703 g/mol. The van der Waals surface area contributed by atoms with Crippen molar-refractivity contribution in [2.24, 2.45) is 0 Å². The molecule has 58 heavy (non-hydrogen) atoms. The Morgan fingerprint density at radius 2 is 0.845 bits per heavy atom. The van der Waals surface area contributed by atoms with E-state index in [-0.39, 0.29) is 10.8 Å². The maximum atomic E-state index is 7.10. The third kappa shape index (κ3) is 4.43. The van der Waals surface area contributed by atoms with E-state index in [1.165, 1.54) is 60.7 Å². The van der Waals surface area contributed by atoms with Crippen LogP contribution >= 0.6 is 0 Å². The Hall–Kier alpha value is -6.90. The average Bonchev–Trinajstić information content (AvgIpc) is 3.85. The molecule has 0 saturated heterocycles. The molecule has 2 nitrogen and oxygen atoms in total. The Labute approximate surface area is 338 Å². The summed E-state index contributed by atoms with van der Waals surface area (Å²) in [5.74, 6) is 0. The highest BCUT2D eigenvalue weighted by Gasteiger charge is 2.38. The van der Waals surface area contributed by atoms with Crippen LogP contribution in [0.3, 0.4) is 0 Å². The van der Waals surface area contributed by atoms with Gasteiger partial charge in [0.15, 0.2) is 0 Å². The number of anilines is 3. The molecule has 9 aromatic carbocycles. The third-order valence-electron chi connectivity index (χ3n) is 13.4. The maximum Gasteiger partial charge on any atom is 0.143 e. The molecule has 12 rings (SSSR count). The fourth-order valence-corrected chi connectivity index (χ4v) is 10.6. The van der Waals surface area contributed by atoms with E-state index in [0.29, 0.717) is 0 Å². The van der Waals surface area contributed by atoms with Crippen LogP contribution in [0.2, 0.25) is 0 Å². The van der Waals surface area contributed by atoms with Gasteiger partial charge in [0.1, 0.15) is 11.2 Å². The molecule has 0 atom stereocenters. The lowest BCUT2D eigenvalue weighted by atomic mass is 9.82.